The molecule has 0 spiro atoms. The fourth-order valence-corrected chi connectivity index (χ4v) is 9.78. The maximum absolute atomic E-state index is 6.60. The maximum Gasteiger partial charge on any atom is 0.143 e. The van der Waals surface area contributed by atoms with E-state index in [1.807, 2.05) is 23.5 Å². The van der Waals surface area contributed by atoms with Gasteiger partial charge < -0.3 is 13.7 Å². The molecule has 0 unspecified atom stereocenters. The third-order valence-corrected chi connectivity index (χ3v) is 12.6. The number of benzene rings is 9. The van der Waals surface area contributed by atoms with Crippen molar-refractivity contribution in [3.05, 3.63) is 200 Å². The Balaban J connectivity index is 0.988. The van der Waals surface area contributed by atoms with Gasteiger partial charge in [-0.2, -0.15) is 0 Å². The molecule has 0 radical (unpaired) electrons. The van der Waals surface area contributed by atoms with Crippen LogP contribution in [0, 0.1) is 0 Å². The van der Waals surface area contributed by atoms with E-state index in [1.165, 1.54) is 20.2 Å². The summed E-state index contributed by atoms with van der Waals surface area (Å²) in [6.45, 7) is 0. The van der Waals surface area contributed by atoms with E-state index in [0.29, 0.717) is 0 Å². The van der Waals surface area contributed by atoms with E-state index >= 15 is 0 Å². The van der Waals surface area contributed by atoms with Gasteiger partial charge in [-0.1, -0.05) is 133 Å². The van der Waals surface area contributed by atoms with Gasteiger partial charge in [0.15, 0.2) is 0 Å². The molecule has 272 valence electrons. The first kappa shape index (κ1) is 32.8. The lowest BCUT2D eigenvalue weighted by molar-refractivity contribution is 0.669. The summed E-state index contributed by atoms with van der Waals surface area (Å²) in [5.41, 5.74) is 13.6. The molecule has 0 saturated carbocycles. The molecule has 0 aliphatic heterocycles. The summed E-state index contributed by atoms with van der Waals surface area (Å²) >= 11 is 1.84. The maximum atomic E-state index is 6.60. The summed E-state index contributed by atoms with van der Waals surface area (Å²) < 4.78 is 15.7. The molecule has 58 heavy (non-hydrogen) atoms. The number of thiophene rings is 1. The van der Waals surface area contributed by atoms with Crippen LogP contribution in [0.25, 0.3) is 97.4 Å². The lowest BCUT2D eigenvalue weighted by Crippen LogP contribution is -2.09. The predicted octanol–water partition coefficient (Wildman–Crippen LogP) is 16.3. The lowest BCUT2D eigenvalue weighted by Gasteiger charge is -2.26. The highest BCUT2D eigenvalue weighted by molar-refractivity contribution is 7.25. The number of anilines is 3. The molecule has 0 fully saturated rings. The first-order valence-electron chi connectivity index (χ1n) is 19.6. The van der Waals surface area contributed by atoms with Gasteiger partial charge in [0.25, 0.3) is 0 Å². The molecular weight excluding hydrogens is 727 g/mol. The molecule has 12 rings (SSSR count). The van der Waals surface area contributed by atoms with Crippen molar-refractivity contribution in [1.82, 2.24) is 0 Å². The first-order valence-corrected chi connectivity index (χ1v) is 20.4. The quantitative estimate of drug-likeness (QED) is 0.169. The van der Waals surface area contributed by atoms with Crippen LogP contribution < -0.4 is 4.90 Å². The fraction of sp³-hybridized carbons (Fsp3) is 0. The molecular formula is C54H33NO2S. The van der Waals surface area contributed by atoms with Crippen molar-refractivity contribution in [1.29, 1.82) is 0 Å². The molecule has 12 aromatic rings. The summed E-state index contributed by atoms with van der Waals surface area (Å²) in [7, 11) is 0. The van der Waals surface area contributed by atoms with Crippen molar-refractivity contribution in [3.8, 4) is 33.4 Å². The van der Waals surface area contributed by atoms with E-state index in [-0.39, 0.29) is 0 Å². The van der Waals surface area contributed by atoms with Crippen LogP contribution in [0.3, 0.4) is 0 Å². The highest BCUT2D eigenvalue weighted by Crippen LogP contribution is 2.44. The third-order valence-electron chi connectivity index (χ3n) is 11.5. The van der Waals surface area contributed by atoms with Crippen LogP contribution in [0.2, 0.25) is 0 Å². The SMILES string of the molecule is c1ccc(-c2cccc3c2oc2ccc(-c4ccc(N(c5ccc6oc7c(-c8ccccc8)cccc7c6c5)c5ccc6sc7ccccc7c6c5)cc4)cc23)cc1. The first-order chi connectivity index (χ1) is 28.7. The predicted molar refractivity (Wildman–Crippen MR) is 245 cm³/mol. The van der Waals surface area contributed by atoms with Gasteiger partial charge >= 0.3 is 0 Å². The van der Waals surface area contributed by atoms with Gasteiger partial charge in [0.1, 0.15) is 22.3 Å². The second-order valence-electron chi connectivity index (χ2n) is 14.9. The van der Waals surface area contributed by atoms with E-state index in [0.717, 1.165) is 94.3 Å². The standard InChI is InChI=1S/C54H33NO2S/c1-3-11-35(12-4-1)41-16-9-18-44-46-31-37(23-28-49(46)56-53(41)44)34-21-24-38(25-22-34)55(40-27-30-52-48(33-40)43-15-7-8-20-51(43)58-52)39-26-29-50-47(32-39)45-19-10-17-42(54(45)57-50)36-13-5-2-6-14-36/h1-33H. The molecule has 3 nitrogen and oxygen atoms in total. The average Bonchev–Trinajstić information content (AvgIpc) is 3.98. The Morgan fingerprint density at radius 3 is 1.48 bits per heavy atom. The number of nitrogens with zero attached hydrogens (tertiary/aromatic N) is 1. The number of hydrogen-bond acceptors (Lipinski definition) is 4. The van der Waals surface area contributed by atoms with Gasteiger partial charge in [-0.3, -0.25) is 0 Å². The van der Waals surface area contributed by atoms with Gasteiger partial charge in [0, 0.05) is 69.9 Å². The molecule has 3 aromatic heterocycles. The minimum atomic E-state index is 0.870. The Bertz CT molecular complexity index is 3500. The fourth-order valence-electron chi connectivity index (χ4n) is 8.70. The third kappa shape index (κ3) is 5.27. The average molecular weight is 760 g/mol. The van der Waals surface area contributed by atoms with Crippen molar-refractivity contribution in [3.63, 3.8) is 0 Å². The second kappa shape index (κ2) is 13.1. The summed E-state index contributed by atoms with van der Waals surface area (Å²) in [5, 5.41) is 6.97. The van der Waals surface area contributed by atoms with Crippen molar-refractivity contribution >= 4 is 92.4 Å². The molecule has 0 aliphatic carbocycles. The summed E-state index contributed by atoms with van der Waals surface area (Å²) in [6, 6.07) is 71.4. The Hall–Kier alpha value is -7.40. The van der Waals surface area contributed by atoms with Crippen LogP contribution >= 0.6 is 11.3 Å². The summed E-state index contributed by atoms with van der Waals surface area (Å²) in [5.74, 6) is 0. The van der Waals surface area contributed by atoms with Gasteiger partial charge in [-0.25, -0.2) is 0 Å². The highest BCUT2D eigenvalue weighted by atomic mass is 32.1. The summed E-state index contributed by atoms with van der Waals surface area (Å²) in [4.78, 5) is 2.37. The smallest absolute Gasteiger partial charge is 0.143 e. The Morgan fingerprint density at radius 2 is 0.810 bits per heavy atom. The highest BCUT2D eigenvalue weighted by Gasteiger charge is 2.19. The lowest BCUT2D eigenvalue weighted by atomic mass is 10.00. The molecule has 0 amide bonds. The van der Waals surface area contributed by atoms with Crippen molar-refractivity contribution in [2.24, 2.45) is 0 Å². The van der Waals surface area contributed by atoms with Crippen molar-refractivity contribution < 1.29 is 8.83 Å². The normalized spacial score (nSPS) is 11.8. The number of fused-ring (bicyclic) bond motifs is 9. The van der Waals surface area contributed by atoms with Crippen LogP contribution in [0.4, 0.5) is 17.1 Å². The number of hydrogen-bond donors (Lipinski definition) is 0. The van der Waals surface area contributed by atoms with Gasteiger partial charge in [0.05, 0.1) is 0 Å². The topological polar surface area (TPSA) is 29.5 Å². The largest absolute Gasteiger partial charge is 0.455 e. The molecule has 0 N–H and O–H groups in total. The Morgan fingerprint density at radius 1 is 0.310 bits per heavy atom. The van der Waals surface area contributed by atoms with Crippen LogP contribution in [0.5, 0.6) is 0 Å². The molecule has 4 heteroatoms. The molecule has 3 heterocycles. The van der Waals surface area contributed by atoms with Crippen LogP contribution in [-0.2, 0) is 0 Å². The minimum Gasteiger partial charge on any atom is -0.455 e. The summed E-state index contributed by atoms with van der Waals surface area (Å²) in [6.07, 6.45) is 0. The van der Waals surface area contributed by atoms with E-state index in [1.54, 1.807) is 0 Å². The molecule has 0 aliphatic rings. The van der Waals surface area contributed by atoms with Crippen LogP contribution in [0.1, 0.15) is 0 Å². The molecule has 9 aromatic carbocycles. The zero-order valence-corrected chi connectivity index (χ0v) is 32.0. The molecule has 0 saturated heterocycles. The van der Waals surface area contributed by atoms with Gasteiger partial charge in [-0.15, -0.1) is 11.3 Å². The minimum absolute atomic E-state index is 0.870. The zero-order chi connectivity index (χ0) is 38.2. The van der Waals surface area contributed by atoms with Gasteiger partial charge in [-0.05, 0) is 89.0 Å². The van der Waals surface area contributed by atoms with Crippen LogP contribution in [-0.4, -0.2) is 0 Å². The Kier molecular flexibility index (Phi) is 7.40. The van der Waals surface area contributed by atoms with E-state index in [9.17, 15) is 0 Å². The number of rotatable bonds is 6. The molecule has 0 bridgehead atoms. The Labute approximate surface area is 338 Å². The van der Waals surface area contributed by atoms with Crippen molar-refractivity contribution in [2.75, 3.05) is 4.90 Å². The monoisotopic (exact) mass is 759 g/mol. The molecule has 0 atom stereocenters. The zero-order valence-electron chi connectivity index (χ0n) is 31.2. The van der Waals surface area contributed by atoms with E-state index < -0.39 is 0 Å². The van der Waals surface area contributed by atoms with E-state index in [2.05, 4.69) is 193 Å². The number of para-hydroxylation sites is 2. The second-order valence-corrected chi connectivity index (χ2v) is 15.9. The number of furan rings is 2. The van der Waals surface area contributed by atoms with Crippen molar-refractivity contribution in [2.45, 2.75) is 0 Å². The van der Waals surface area contributed by atoms with E-state index in [4.69, 9.17) is 8.83 Å². The van der Waals surface area contributed by atoms with Gasteiger partial charge in [0.2, 0.25) is 0 Å². The van der Waals surface area contributed by atoms with Crippen LogP contribution in [0.15, 0.2) is 209 Å².